The molecule has 1 amide bonds. The minimum Gasteiger partial charge on any atom is -0.398 e. The molecule has 0 radical (unpaired) electrons. The Labute approximate surface area is 110 Å². The van der Waals surface area contributed by atoms with E-state index in [9.17, 15) is 4.79 Å². The zero-order valence-electron chi connectivity index (χ0n) is 12.1. The van der Waals surface area contributed by atoms with E-state index in [0.717, 1.165) is 29.7 Å². The Morgan fingerprint density at radius 1 is 1.28 bits per heavy atom. The first-order valence-corrected chi connectivity index (χ1v) is 6.60. The molecule has 1 unspecified atom stereocenters. The summed E-state index contributed by atoms with van der Waals surface area (Å²) in [5.41, 5.74) is 9.33. The van der Waals surface area contributed by atoms with Gasteiger partial charge in [0.15, 0.2) is 0 Å². The fraction of sp³-hybridized carbons (Fsp3) is 0.533. The molecule has 0 spiro atoms. The molecule has 0 bridgehead atoms. The highest BCUT2D eigenvalue weighted by atomic mass is 16.2. The average molecular weight is 248 g/mol. The number of anilines is 1. The van der Waals surface area contributed by atoms with Crippen LogP contribution in [0.15, 0.2) is 12.1 Å². The van der Waals surface area contributed by atoms with Gasteiger partial charge in [0.1, 0.15) is 0 Å². The summed E-state index contributed by atoms with van der Waals surface area (Å²) in [7, 11) is 0. The Morgan fingerprint density at radius 3 is 2.39 bits per heavy atom. The van der Waals surface area contributed by atoms with E-state index in [0.29, 0.717) is 5.69 Å². The van der Waals surface area contributed by atoms with Gasteiger partial charge in [-0.05, 0) is 51.3 Å². The van der Waals surface area contributed by atoms with Crippen LogP contribution < -0.4 is 5.73 Å². The molecule has 1 aromatic carbocycles. The van der Waals surface area contributed by atoms with Crippen molar-refractivity contribution in [3.05, 3.63) is 28.8 Å². The Morgan fingerprint density at radius 2 is 1.89 bits per heavy atom. The van der Waals surface area contributed by atoms with Gasteiger partial charge < -0.3 is 10.6 Å². The van der Waals surface area contributed by atoms with E-state index in [1.165, 1.54) is 0 Å². The van der Waals surface area contributed by atoms with Crippen molar-refractivity contribution in [1.29, 1.82) is 0 Å². The summed E-state index contributed by atoms with van der Waals surface area (Å²) < 4.78 is 0. The second kappa shape index (κ2) is 5.89. The monoisotopic (exact) mass is 248 g/mol. The Balaban J connectivity index is 3.13. The van der Waals surface area contributed by atoms with Gasteiger partial charge in [0.05, 0.1) is 0 Å². The SMILES string of the molecule is CCC(C)N(CC)C(=O)c1cc(N)c(C)cc1C. The van der Waals surface area contributed by atoms with Crippen LogP contribution in [0.4, 0.5) is 5.69 Å². The van der Waals surface area contributed by atoms with E-state index in [1.54, 1.807) is 6.07 Å². The molecule has 2 N–H and O–H groups in total. The third-order valence-corrected chi connectivity index (χ3v) is 3.57. The molecule has 3 nitrogen and oxygen atoms in total. The molecule has 18 heavy (non-hydrogen) atoms. The number of hydrogen-bond donors (Lipinski definition) is 1. The van der Waals surface area contributed by atoms with Gasteiger partial charge in [0, 0.05) is 23.8 Å². The van der Waals surface area contributed by atoms with Crippen molar-refractivity contribution in [3.8, 4) is 0 Å². The molecular weight excluding hydrogens is 224 g/mol. The Kier molecular flexibility index (Phi) is 4.76. The molecule has 0 saturated carbocycles. The van der Waals surface area contributed by atoms with Crippen LogP contribution in [0.25, 0.3) is 0 Å². The van der Waals surface area contributed by atoms with Crippen LogP contribution in [0.2, 0.25) is 0 Å². The summed E-state index contributed by atoms with van der Waals surface area (Å²) in [4.78, 5) is 14.4. The summed E-state index contributed by atoms with van der Waals surface area (Å²) in [5, 5.41) is 0. The second-order valence-electron chi connectivity index (χ2n) is 4.87. The first kappa shape index (κ1) is 14.6. The number of carbonyl (C=O) groups excluding carboxylic acids is 1. The maximum absolute atomic E-state index is 12.5. The van der Waals surface area contributed by atoms with Gasteiger partial charge in [-0.2, -0.15) is 0 Å². The van der Waals surface area contributed by atoms with Gasteiger partial charge in [-0.3, -0.25) is 4.79 Å². The number of benzene rings is 1. The molecule has 0 aliphatic rings. The van der Waals surface area contributed by atoms with Gasteiger partial charge >= 0.3 is 0 Å². The van der Waals surface area contributed by atoms with Crippen molar-refractivity contribution in [1.82, 2.24) is 4.90 Å². The lowest BCUT2D eigenvalue weighted by molar-refractivity contribution is 0.0699. The zero-order chi connectivity index (χ0) is 13.9. The van der Waals surface area contributed by atoms with Crippen LogP contribution in [0, 0.1) is 13.8 Å². The molecule has 3 heteroatoms. The first-order valence-electron chi connectivity index (χ1n) is 6.60. The number of amides is 1. The van der Waals surface area contributed by atoms with Crippen molar-refractivity contribution in [2.24, 2.45) is 0 Å². The predicted octanol–water partition coefficient (Wildman–Crippen LogP) is 3.15. The van der Waals surface area contributed by atoms with Crippen LogP contribution in [0.1, 0.15) is 48.7 Å². The molecule has 0 fully saturated rings. The number of hydrogen-bond acceptors (Lipinski definition) is 2. The third-order valence-electron chi connectivity index (χ3n) is 3.57. The van der Waals surface area contributed by atoms with E-state index in [1.807, 2.05) is 31.7 Å². The van der Waals surface area contributed by atoms with Gasteiger partial charge in [0.2, 0.25) is 0 Å². The number of aryl methyl sites for hydroxylation is 2. The predicted molar refractivity (Wildman–Crippen MR) is 76.8 cm³/mol. The van der Waals surface area contributed by atoms with Crippen LogP contribution in [-0.2, 0) is 0 Å². The van der Waals surface area contributed by atoms with E-state index in [2.05, 4.69) is 13.8 Å². The maximum atomic E-state index is 12.5. The van der Waals surface area contributed by atoms with Crippen LogP contribution in [0.3, 0.4) is 0 Å². The fourth-order valence-electron chi connectivity index (χ4n) is 2.13. The highest BCUT2D eigenvalue weighted by Gasteiger charge is 2.20. The maximum Gasteiger partial charge on any atom is 0.254 e. The number of carbonyl (C=O) groups is 1. The number of rotatable bonds is 4. The standard InChI is InChI=1S/C15H24N2O/c1-6-12(5)17(7-2)15(18)13-9-14(16)11(4)8-10(13)3/h8-9,12H,6-7,16H2,1-5H3. The molecule has 0 aromatic heterocycles. The lowest BCUT2D eigenvalue weighted by atomic mass is 10.0. The lowest BCUT2D eigenvalue weighted by Gasteiger charge is -2.28. The number of nitrogens with zero attached hydrogens (tertiary/aromatic N) is 1. The summed E-state index contributed by atoms with van der Waals surface area (Å²) in [6.45, 7) is 10.8. The van der Waals surface area contributed by atoms with Crippen LogP contribution in [-0.4, -0.2) is 23.4 Å². The molecule has 0 saturated heterocycles. The van der Waals surface area contributed by atoms with Crippen molar-refractivity contribution >= 4 is 11.6 Å². The van der Waals surface area contributed by atoms with E-state index in [4.69, 9.17) is 5.73 Å². The smallest absolute Gasteiger partial charge is 0.254 e. The fourth-order valence-corrected chi connectivity index (χ4v) is 2.13. The molecule has 100 valence electrons. The topological polar surface area (TPSA) is 46.3 Å². The first-order chi connectivity index (χ1) is 8.42. The highest BCUT2D eigenvalue weighted by molar-refractivity contribution is 5.97. The molecule has 1 aromatic rings. The highest BCUT2D eigenvalue weighted by Crippen LogP contribution is 2.20. The third kappa shape index (κ3) is 2.84. The van der Waals surface area contributed by atoms with Crippen molar-refractivity contribution in [3.63, 3.8) is 0 Å². The molecule has 0 aliphatic heterocycles. The minimum absolute atomic E-state index is 0.0797. The van der Waals surface area contributed by atoms with Crippen LogP contribution in [0.5, 0.6) is 0 Å². The molecule has 1 rings (SSSR count). The molecule has 0 aliphatic carbocycles. The van der Waals surface area contributed by atoms with E-state index < -0.39 is 0 Å². The van der Waals surface area contributed by atoms with E-state index in [-0.39, 0.29) is 11.9 Å². The lowest BCUT2D eigenvalue weighted by Crippen LogP contribution is -2.38. The van der Waals surface area contributed by atoms with Gasteiger partial charge in [0.25, 0.3) is 5.91 Å². The molecular formula is C15H24N2O. The normalized spacial score (nSPS) is 12.3. The van der Waals surface area contributed by atoms with Crippen molar-refractivity contribution in [2.45, 2.75) is 47.1 Å². The van der Waals surface area contributed by atoms with Gasteiger partial charge in [-0.25, -0.2) is 0 Å². The summed E-state index contributed by atoms with van der Waals surface area (Å²) in [6.07, 6.45) is 0.958. The zero-order valence-corrected chi connectivity index (χ0v) is 12.1. The summed E-state index contributed by atoms with van der Waals surface area (Å²) >= 11 is 0. The quantitative estimate of drug-likeness (QED) is 0.832. The van der Waals surface area contributed by atoms with Gasteiger partial charge in [-0.1, -0.05) is 13.0 Å². The van der Waals surface area contributed by atoms with Crippen LogP contribution >= 0.6 is 0 Å². The molecule has 1 atom stereocenters. The molecule has 0 heterocycles. The second-order valence-corrected chi connectivity index (χ2v) is 4.87. The Hall–Kier alpha value is -1.51. The summed E-state index contributed by atoms with van der Waals surface area (Å²) in [6, 6.07) is 4.04. The van der Waals surface area contributed by atoms with Gasteiger partial charge in [-0.15, -0.1) is 0 Å². The van der Waals surface area contributed by atoms with Crippen molar-refractivity contribution in [2.75, 3.05) is 12.3 Å². The number of nitrogen functional groups attached to an aromatic ring is 1. The minimum atomic E-state index is 0.0797. The largest absolute Gasteiger partial charge is 0.398 e. The average Bonchev–Trinajstić information content (AvgIpc) is 2.34. The summed E-state index contributed by atoms with van der Waals surface area (Å²) in [5.74, 6) is 0.0797. The van der Waals surface area contributed by atoms with E-state index >= 15 is 0 Å². The number of nitrogens with two attached hydrogens (primary N) is 1. The van der Waals surface area contributed by atoms with Crippen molar-refractivity contribution < 1.29 is 4.79 Å². The Bertz CT molecular complexity index is 440.